The second-order valence-electron chi connectivity index (χ2n) is 8.52. The number of nitrogens with zero attached hydrogens (tertiary/aromatic N) is 3. The van der Waals surface area contributed by atoms with Crippen LogP contribution >= 0.6 is 11.8 Å². The lowest BCUT2D eigenvalue weighted by atomic mass is 10.0. The monoisotopic (exact) mass is 482 g/mol. The number of ketones is 1. The van der Waals surface area contributed by atoms with Crippen molar-refractivity contribution in [2.24, 2.45) is 0 Å². The van der Waals surface area contributed by atoms with Gasteiger partial charge in [0.2, 0.25) is 0 Å². The molecule has 0 aliphatic carbocycles. The maximum Gasteiger partial charge on any atom is 0.192 e. The molecule has 2 heterocycles. The van der Waals surface area contributed by atoms with Crippen LogP contribution in [0.2, 0.25) is 0 Å². The number of carbonyl (C=O) groups excluding carboxylic acids is 1. The molecule has 0 amide bonds. The predicted molar refractivity (Wildman–Crippen MR) is 140 cm³/mol. The van der Waals surface area contributed by atoms with E-state index in [-0.39, 0.29) is 11.8 Å². The lowest BCUT2D eigenvalue weighted by Crippen LogP contribution is -2.12. The van der Waals surface area contributed by atoms with Crippen molar-refractivity contribution in [3.8, 4) is 17.1 Å². The fourth-order valence-corrected chi connectivity index (χ4v) is 5.42. The van der Waals surface area contributed by atoms with Crippen LogP contribution < -0.4 is 4.74 Å². The van der Waals surface area contributed by atoms with Gasteiger partial charge in [0, 0.05) is 34.3 Å². The number of ether oxygens (including phenoxy) is 1. The number of para-hydroxylation sites is 1. The smallest absolute Gasteiger partial charge is 0.192 e. The topological polar surface area (TPSA) is 72.8 Å². The number of Topliss-reactive ketones (excluding diaryl/α,β-unsaturated/α-hetero) is 1. The zero-order chi connectivity index (χ0) is 24.4. The van der Waals surface area contributed by atoms with Crippen molar-refractivity contribution in [2.75, 3.05) is 7.11 Å². The minimum Gasteiger partial charge on any atom is -0.497 e. The van der Waals surface area contributed by atoms with E-state index in [0.717, 1.165) is 33.6 Å². The first-order valence-electron chi connectivity index (χ1n) is 11.5. The van der Waals surface area contributed by atoms with E-state index in [1.165, 1.54) is 11.8 Å². The van der Waals surface area contributed by atoms with Crippen LogP contribution in [0, 0.1) is 0 Å². The molecule has 0 bridgehead atoms. The molecule has 6 nitrogen and oxygen atoms in total. The number of carbonyl (C=O) groups is 1. The summed E-state index contributed by atoms with van der Waals surface area (Å²) in [5.74, 6) is 1.58. The second kappa shape index (κ2) is 9.80. The Balaban J connectivity index is 1.56. The van der Waals surface area contributed by atoms with E-state index < -0.39 is 5.25 Å². The Morgan fingerprint density at radius 1 is 0.943 bits per heavy atom. The maximum atomic E-state index is 13.9. The van der Waals surface area contributed by atoms with E-state index in [2.05, 4.69) is 33.6 Å². The Hall–Kier alpha value is -3.84. The Bertz CT molecular complexity index is 1460. The quantitative estimate of drug-likeness (QED) is 0.196. The maximum absolute atomic E-state index is 13.9. The number of aromatic nitrogens is 4. The van der Waals surface area contributed by atoms with Crippen LogP contribution in [0.3, 0.4) is 0 Å². The molecule has 5 rings (SSSR count). The standard InChI is InChI=1S/C28H26N4O2S/c1-18(2)32-27(20-13-15-21(34-3)16-14-20)30-31-28(32)35-26(19-9-5-4-6-10-19)25(33)23-17-29-24-12-8-7-11-22(23)24/h4-18,26,29H,1-3H3. The minimum absolute atomic E-state index is 0.0305. The normalized spacial score (nSPS) is 12.2. The van der Waals surface area contributed by atoms with E-state index in [9.17, 15) is 4.79 Å². The highest BCUT2D eigenvalue weighted by atomic mass is 32.2. The first kappa shape index (κ1) is 22.9. The first-order valence-corrected chi connectivity index (χ1v) is 12.4. The number of benzene rings is 3. The predicted octanol–water partition coefficient (Wildman–Crippen LogP) is 6.73. The van der Waals surface area contributed by atoms with Gasteiger partial charge in [0.1, 0.15) is 11.0 Å². The molecule has 5 aromatic rings. The SMILES string of the molecule is COc1ccc(-c2nnc(SC(C(=O)c3c[nH]c4ccccc34)c3ccccc3)n2C(C)C)cc1. The Labute approximate surface area is 208 Å². The number of hydrogen-bond acceptors (Lipinski definition) is 5. The summed E-state index contributed by atoms with van der Waals surface area (Å²) in [4.78, 5) is 17.2. The van der Waals surface area contributed by atoms with Crippen molar-refractivity contribution in [1.29, 1.82) is 0 Å². The van der Waals surface area contributed by atoms with Crippen LogP contribution in [0.15, 0.2) is 90.2 Å². The summed E-state index contributed by atoms with van der Waals surface area (Å²) in [6.07, 6.45) is 1.81. The lowest BCUT2D eigenvalue weighted by Gasteiger charge is -2.18. The van der Waals surface area contributed by atoms with Crippen LogP contribution in [-0.2, 0) is 0 Å². The average Bonchev–Trinajstić information content (AvgIpc) is 3.52. The highest BCUT2D eigenvalue weighted by molar-refractivity contribution is 8.00. The van der Waals surface area contributed by atoms with Gasteiger partial charge in [-0.1, -0.05) is 60.3 Å². The summed E-state index contributed by atoms with van der Waals surface area (Å²) < 4.78 is 7.38. The average molecular weight is 483 g/mol. The fraction of sp³-hybridized carbons (Fsp3) is 0.179. The van der Waals surface area contributed by atoms with Gasteiger partial charge < -0.3 is 9.72 Å². The molecule has 2 aromatic heterocycles. The van der Waals surface area contributed by atoms with Crippen molar-refractivity contribution in [3.63, 3.8) is 0 Å². The molecule has 0 aliphatic rings. The first-order chi connectivity index (χ1) is 17.1. The van der Waals surface area contributed by atoms with E-state index >= 15 is 0 Å². The number of methoxy groups -OCH3 is 1. The van der Waals surface area contributed by atoms with Crippen LogP contribution in [0.1, 0.15) is 41.1 Å². The molecule has 0 saturated carbocycles. The number of fused-ring (bicyclic) bond motifs is 1. The van der Waals surface area contributed by atoms with Gasteiger partial charge in [-0.3, -0.25) is 9.36 Å². The highest BCUT2D eigenvalue weighted by Gasteiger charge is 2.29. The number of hydrogen-bond donors (Lipinski definition) is 1. The van der Waals surface area contributed by atoms with Gasteiger partial charge in [0.15, 0.2) is 16.8 Å². The molecule has 0 fully saturated rings. The van der Waals surface area contributed by atoms with Crippen LogP contribution in [-0.4, -0.2) is 32.6 Å². The molecule has 0 aliphatic heterocycles. The third-order valence-corrected chi connectivity index (χ3v) is 7.16. The minimum atomic E-state index is -0.471. The Morgan fingerprint density at radius 3 is 2.37 bits per heavy atom. The molecule has 7 heteroatoms. The number of H-pyrrole nitrogens is 1. The second-order valence-corrected chi connectivity index (χ2v) is 9.59. The molecule has 0 radical (unpaired) electrons. The van der Waals surface area contributed by atoms with Crippen molar-refractivity contribution in [1.82, 2.24) is 19.7 Å². The lowest BCUT2D eigenvalue weighted by molar-refractivity contribution is 0.0991. The molecule has 1 unspecified atom stereocenters. The zero-order valence-corrected chi connectivity index (χ0v) is 20.6. The Morgan fingerprint density at radius 2 is 1.66 bits per heavy atom. The summed E-state index contributed by atoms with van der Waals surface area (Å²) in [6, 6.07) is 25.6. The summed E-state index contributed by atoms with van der Waals surface area (Å²) in [5, 5.41) is 10.2. The van der Waals surface area contributed by atoms with Crippen molar-refractivity contribution >= 4 is 28.4 Å². The third kappa shape index (κ3) is 4.47. The van der Waals surface area contributed by atoms with Gasteiger partial charge in [0.25, 0.3) is 0 Å². The number of aromatic amines is 1. The molecular formula is C28H26N4O2S. The molecule has 176 valence electrons. The van der Waals surface area contributed by atoms with Crippen molar-refractivity contribution in [3.05, 3.63) is 96.2 Å². The summed E-state index contributed by atoms with van der Waals surface area (Å²) >= 11 is 1.44. The zero-order valence-electron chi connectivity index (χ0n) is 19.8. The van der Waals surface area contributed by atoms with E-state index in [1.807, 2.05) is 78.9 Å². The van der Waals surface area contributed by atoms with Crippen LogP contribution in [0.5, 0.6) is 5.75 Å². The third-order valence-electron chi connectivity index (χ3n) is 5.95. The van der Waals surface area contributed by atoms with E-state index in [1.54, 1.807) is 13.3 Å². The number of rotatable bonds is 8. The molecular weight excluding hydrogens is 456 g/mol. The van der Waals surface area contributed by atoms with Crippen LogP contribution in [0.4, 0.5) is 0 Å². The fourth-order valence-electron chi connectivity index (χ4n) is 4.18. The van der Waals surface area contributed by atoms with Crippen LogP contribution in [0.25, 0.3) is 22.3 Å². The largest absolute Gasteiger partial charge is 0.497 e. The van der Waals surface area contributed by atoms with Gasteiger partial charge in [-0.25, -0.2) is 0 Å². The number of thioether (sulfide) groups is 1. The summed E-state index contributed by atoms with van der Waals surface area (Å²) in [7, 11) is 1.65. The molecule has 0 spiro atoms. The van der Waals surface area contributed by atoms with Gasteiger partial charge in [-0.2, -0.15) is 0 Å². The van der Waals surface area contributed by atoms with Gasteiger partial charge in [-0.05, 0) is 49.7 Å². The molecule has 1 N–H and O–H groups in total. The van der Waals surface area contributed by atoms with E-state index in [4.69, 9.17) is 4.74 Å². The molecule has 35 heavy (non-hydrogen) atoms. The molecule has 1 atom stereocenters. The van der Waals surface area contributed by atoms with Gasteiger partial charge in [0.05, 0.1) is 7.11 Å². The summed E-state index contributed by atoms with van der Waals surface area (Å²) in [6.45, 7) is 4.19. The molecule has 0 saturated heterocycles. The van der Waals surface area contributed by atoms with E-state index in [0.29, 0.717) is 10.7 Å². The van der Waals surface area contributed by atoms with Gasteiger partial charge >= 0.3 is 0 Å². The summed E-state index contributed by atoms with van der Waals surface area (Å²) in [5.41, 5.74) is 3.49. The molecule has 3 aromatic carbocycles. The van der Waals surface area contributed by atoms with Crippen molar-refractivity contribution < 1.29 is 9.53 Å². The van der Waals surface area contributed by atoms with Crippen molar-refractivity contribution in [2.45, 2.75) is 30.3 Å². The highest BCUT2D eigenvalue weighted by Crippen LogP contribution is 2.40. The van der Waals surface area contributed by atoms with Gasteiger partial charge in [-0.15, -0.1) is 10.2 Å². The number of nitrogens with one attached hydrogen (secondary N) is 1. The Kier molecular flexibility index (Phi) is 6.42.